The molecule has 0 aromatic rings. The van der Waals surface area contributed by atoms with Gasteiger partial charge in [0.1, 0.15) is 0 Å². The Morgan fingerprint density at radius 1 is 0.467 bits per heavy atom. The van der Waals surface area contributed by atoms with Crippen LogP contribution >= 0.6 is 0 Å². The first-order valence-electron chi connectivity index (χ1n) is 7.12. The van der Waals surface area contributed by atoms with Gasteiger partial charge in [0.25, 0.3) is 0 Å². The van der Waals surface area contributed by atoms with Crippen LogP contribution < -0.4 is 0 Å². The smallest absolute Gasteiger partial charge is 0.0841 e. The molecule has 0 amide bonds. The number of fused-ring (bicyclic) bond motifs is 1. The van der Waals surface area contributed by atoms with Crippen molar-refractivity contribution in [2.45, 2.75) is 89.3 Å². The maximum absolute atomic E-state index is 5.69. The van der Waals surface area contributed by atoms with Crippen LogP contribution in [-0.4, -0.2) is 12.2 Å². The number of ether oxygens (including phenoxy) is 1. The molecule has 0 radical (unpaired) electrons. The van der Waals surface area contributed by atoms with Crippen molar-refractivity contribution in [1.82, 2.24) is 0 Å². The van der Waals surface area contributed by atoms with Gasteiger partial charge in [-0.3, -0.25) is 0 Å². The molecule has 1 saturated carbocycles. The van der Waals surface area contributed by atoms with E-state index in [0.717, 1.165) is 0 Å². The fourth-order valence-corrected chi connectivity index (χ4v) is 2.79. The lowest BCUT2D eigenvalue weighted by atomic mass is 10.0. The van der Waals surface area contributed by atoms with Gasteiger partial charge in [-0.2, -0.15) is 0 Å². The van der Waals surface area contributed by atoms with Crippen LogP contribution in [0, 0.1) is 0 Å². The van der Waals surface area contributed by atoms with Gasteiger partial charge in [-0.05, 0) is 12.8 Å². The van der Waals surface area contributed by atoms with Crippen LogP contribution in [-0.2, 0) is 4.74 Å². The third-order valence-electron chi connectivity index (χ3n) is 3.91. The molecule has 2 rings (SSSR count). The topological polar surface area (TPSA) is 12.5 Å². The van der Waals surface area contributed by atoms with E-state index in [1.165, 1.54) is 77.0 Å². The van der Waals surface area contributed by atoms with E-state index in [-0.39, 0.29) is 0 Å². The van der Waals surface area contributed by atoms with E-state index < -0.39 is 0 Å². The van der Waals surface area contributed by atoms with Gasteiger partial charge in [0.05, 0.1) is 12.2 Å². The van der Waals surface area contributed by atoms with Gasteiger partial charge in [0.2, 0.25) is 0 Å². The maximum Gasteiger partial charge on any atom is 0.0841 e. The molecule has 0 bridgehead atoms. The van der Waals surface area contributed by atoms with E-state index in [1.807, 2.05) is 0 Å². The van der Waals surface area contributed by atoms with Crippen molar-refractivity contribution in [2.24, 2.45) is 0 Å². The lowest BCUT2D eigenvalue weighted by Crippen LogP contribution is -1.95. The molecule has 2 aliphatic rings. The Morgan fingerprint density at radius 2 is 0.800 bits per heavy atom. The third-order valence-corrected chi connectivity index (χ3v) is 3.91. The van der Waals surface area contributed by atoms with E-state index in [2.05, 4.69) is 0 Å². The first-order valence-corrected chi connectivity index (χ1v) is 7.12. The summed E-state index contributed by atoms with van der Waals surface area (Å²) in [6.45, 7) is 0. The van der Waals surface area contributed by atoms with Gasteiger partial charge in [-0.1, -0.05) is 64.2 Å². The van der Waals surface area contributed by atoms with E-state index in [9.17, 15) is 0 Å². The summed E-state index contributed by atoms with van der Waals surface area (Å²) >= 11 is 0. The Morgan fingerprint density at radius 3 is 1.20 bits per heavy atom. The third kappa shape index (κ3) is 4.55. The van der Waals surface area contributed by atoms with Gasteiger partial charge in [-0.15, -0.1) is 0 Å². The van der Waals surface area contributed by atoms with E-state index >= 15 is 0 Å². The van der Waals surface area contributed by atoms with Crippen molar-refractivity contribution in [3.63, 3.8) is 0 Å². The van der Waals surface area contributed by atoms with Crippen molar-refractivity contribution < 1.29 is 4.74 Å². The van der Waals surface area contributed by atoms with E-state index in [0.29, 0.717) is 12.2 Å². The summed E-state index contributed by atoms with van der Waals surface area (Å²) in [5, 5.41) is 0. The zero-order chi connectivity index (χ0) is 10.3. The highest BCUT2D eigenvalue weighted by Gasteiger charge is 2.36. The first-order chi connectivity index (χ1) is 7.47. The molecule has 0 aromatic carbocycles. The lowest BCUT2D eigenvalue weighted by molar-refractivity contribution is 0.348. The summed E-state index contributed by atoms with van der Waals surface area (Å²) in [7, 11) is 0. The van der Waals surface area contributed by atoms with Crippen LogP contribution in [0.3, 0.4) is 0 Å². The molecule has 2 fully saturated rings. The first kappa shape index (κ1) is 11.4. The molecule has 0 N–H and O–H groups in total. The highest BCUT2D eigenvalue weighted by Crippen LogP contribution is 2.32. The number of epoxide rings is 1. The van der Waals surface area contributed by atoms with Crippen LogP contribution in [0.4, 0.5) is 0 Å². The molecule has 1 aliphatic heterocycles. The van der Waals surface area contributed by atoms with Crippen molar-refractivity contribution >= 4 is 0 Å². The van der Waals surface area contributed by atoms with Crippen molar-refractivity contribution in [3.8, 4) is 0 Å². The van der Waals surface area contributed by atoms with Crippen molar-refractivity contribution in [3.05, 3.63) is 0 Å². The molecule has 2 atom stereocenters. The highest BCUT2D eigenvalue weighted by atomic mass is 16.6. The second-order valence-electron chi connectivity index (χ2n) is 5.33. The fourth-order valence-electron chi connectivity index (χ4n) is 2.79. The summed E-state index contributed by atoms with van der Waals surface area (Å²) in [6, 6.07) is 0. The number of hydrogen-bond donors (Lipinski definition) is 0. The minimum absolute atomic E-state index is 0.660. The van der Waals surface area contributed by atoms with Crippen molar-refractivity contribution in [2.75, 3.05) is 0 Å². The van der Waals surface area contributed by atoms with E-state index in [1.54, 1.807) is 0 Å². The summed E-state index contributed by atoms with van der Waals surface area (Å²) in [5.74, 6) is 0. The average Bonchev–Trinajstić information content (AvgIpc) is 2.98. The van der Waals surface area contributed by atoms with Gasteiger partial charge < -0.3 is 4.74 Å². The zero-order valence-corrected chi connectivity index (χ0v) is 10.0. The highest BCUT2D eigenvalue weighted by molar-refractivity contribution is 4.84. The molecule has 0 aromatic heterocycles. The minimum atomic E-state index is 0.660. The fraction of sp³-hybridized carbons (Fsp3) is 1.00. The van der Waals surface area contributed by atoms with Crippen LogP contribution in [0.5, 0.6) is 0 Å². The minimum Gasteiger partial charge on any atom is -0.370 e. The van der Waals surface area contributed by atoms with Crippen LogP contribution in [0.2, 0.25) is 0 Å². The molecule has 88 valence electrons. The normalized spacial score (nSPS) is 35.2. The van der Waals surface area contributed by atoms with Crippen molar-refractivity contribution in [1.29, 1.82) is 0 Å². The maximum atomic E-state index is 5.69. The summed E-state index contributed by atoms with van der Waals surface area (Å²) in [4.78, 5) is 0. The Bertz CT molecular complexity index is 149. The zero-order valence-electron chi connectivity index (χ0n) is 10.0. The largest absolute Gasteiger partial charge is 0.370 e. The SMILES string of the molecule is C1CCCCCCC2OC2CCCCC1. The predicted octanol–water partition coefficient (Wildman–Crippen LogP) is 4.45. The molecule has 1 nitrogen and oxygen atoms in total. The number of rotatable bonds is 0. The quantitative estimate of drug-likeness (QED) is 0.538. The van der Waals surface area contributed by atoms with Crippen LogP contribution in [0.15, 0.2) is 0 Å². The second-order valence-corrected chi connectivity index (χ2v) is 5.33. The monoisotopic (exact) mass is 210 g/mol. The van der Waals surface area contributed by atoms with Crippen LogP contribution in [0.1, 0.15) is 77.0 Å². The number of hydrogen-bond acceptors (Lipinski definition) is 1. The molecule has 0 spiro atoms. The van der Waals surface area contributed by atoms with Crippen LogP contribution in [0.25, 0.3) is 0 Å². The Balaban J connectivity index is 1.61. The molecule has 15 heavy (non-hydrogen) atoms. The van der Waals surface area contributed by atoms with Gasteiger partial charge in [0, 0.05) is 0 Å². The Hall–Kier alpha value is -0.0400. The second kappa shape index (κ2) is 6.52. The molecular weight excluding hydrogens is 184 g/mol. The average molecular weight is 210 g/mol. The van der Waals surface area contributed by atoms with Gasteiger partial charge in [0.15, 0.2) is 0 Å². The van der Waals surface area contributed by atoms with Gasteiger partial charge >= 0.3 is 0 Å². The molecule has 2 unspecified atom stereocenters. The van der Waals surface area contributed by atoms with E-state index in [4.69, 9.17) is 4.74 Å². The standard InChI is InChI=1S/C14H26O/c1-2-4-6-8-10-12-14-13(15-14)11-9-7-5-3-1/h13-14H,1-12H2. The van der Waals surface area contributed by atoms with Gasteiger partial charge in [-0.25, -0.2) is 0 Å². The Kier molecular flexibility index (Phi) is 4.98. The summed E-state index contributed by atoms with van der Waals surface area (Å²) < 4.78 is 5.69. The Labute approximate surface area is 94.6 Å². The molecule has 1 aliphatic carbocycles. The summed E-state index contributed by atoms with van der Waals surface area (Å²) in [5.41, 5.74) is 0. The predicted molar refractivity (Wildman–Crippen MR) is 64.1 cm³/mol. The summed E-state index contributed by atoms with van der Waals surface area (Å²) in [6.07, 6.45) is 18.5. The molecule has 1 saturated heterocycles. The molecule has 1 heteroatoms. The molecular formula is C14H26O. The lowest BCUT2D eigenvalue weighted by Gasteiger charge is -2.03. The molecule has 1 heterocycles.